The van der Waals surface area contributed by atoms with Gasteiger partial charge in [-0.25, -0.2) is 15.1 Å². The monoisotopic (exact) mass is 351 g/mol. The zero-order valence-corrected chi connectivity index (χ0v) is 14.1. The lowest BCUT2D eigenvalue weighted by Crippen LogP contribution is -2.45. The molecule has 2 fully saturated rings. The molecule has 2 aromatic heterocycles. The van der Waals surface area contributed by atoms with Crippen LogP contribution in [0.15, 0.2) is 23.1 Å². The second-order valence-corrected chi connectivity index (χ2v) is 6.75. The Hall–Kier alpha value is -3.28. The van der Waals surface area contributed by atoms with Crippen LogP contribution in [0.2, 0.25) is 0 Å². The van der Waals surface area contributed by atoms with Gasteiger partial charge in [0.15, 0.2) is 0 Å². The van der Waals surface area contributed by atoms with Gasteiger partial charge in [0.25, 0.3) is 11.5 Å². The van der Waals surface area contributed by atoms with E-state index in [0.29, 0.717) is 36.4 Å². The summed E-state index contributed by atoms with van der Waals surface area (Å²) in [5.41, 5.74) is 0.282. The molecule has 1 aliphatic carbocycles. The smallest absolute Gasteiger partial charge is 0.277 e. The summed E-state index contributed by atoms with van der Waals surface area (Å²) in [7, 11) is 0. The van der Waals surface area contributed by atoms with E-state index in [-0.39, 0.29) is 23.3 Å². The molecule has 3 heterocycles. The highest BCUT2D eigenvalue weighted by Crippen LogP contribution is 2.42. The summed E-state index contributed by atoms with van der Waals surface area (Å²) < 4.78 is 0. The molecular weight excluding hydrogens is 334 g/mol. The van der Waals surface area contributed by atoms with Crippen molar-refractivity contribution >= 4 is 11.7 Å². The summed E-state index contributed by atoms with van der Waals surface area (Å²) in [6.07, 6.45) is 2.47. The number of aryl methyl sites for hydroxylation is 1. The number of nitrogens with one attached hydrogen (secondary N) is 2. The quantitative estimate of drug-likeness (QED) is 0.814. The number of rotatable bonds is 3. The number of hydrogen-bond donors (Lipinski definition) is 2. The number of H-pyrrole nitrogens is 1. The minimum absolute atomic E-state index is 0.126. The number of fused-ring (bicyclic) bond motifs is 1. The molecule has 1 amide bonds. The first-order valence-electron chi connectivity index (χ1n) is 8.40. The minimum atomic E-state index is -0.459. The third-order valence-corrected chi connectivity index (χ3v) is 5.10. The number of hydrogen-bond acceptors (Lipinski definition) is 7. The van der Waals surface area contributed by atoms with E-state index in [1.54, 1.807) is 24.1 Å². The van der Waals surface area contributed by atoms with Crippen molar-refractivity contribution in [3.63, 3.8) is 0 Å². The zero-order valence-electron chi connectivity index (χ0n) is 14.1. The highest BCUT2D eigenvalue weighted by molar-refractivity contribution is 5.94. The fourth-order valence-electron chi connectivity index (χ4n) is 3.76. The Kier molecular flexibility index (Phi) is 3.88. The van der Waals surface area contributed by atoms with Crippen LogP contribution in [-0.4, -0.2) is 50.1 Å². The number of aromatic amines is 1. The van der Waals surface area contributed by atoms with Crippen molar-refractivity contribution in [2.45, 2.75) is 19.4 Å². The lowest BCUT2D eigenvalue weighted by atomic mass is 9.71. The van der Waals surface area contributed by atoms with Gasteiger partial charge in [-0.2, -0.15) is 10.4 Å². The van der Waals surface area contributed by atoms with E-state index in [9.17, 15) is 9.59 Å². The molecular formula is C17H17N7O2. The number of carbonyl (C=O) groups excluding carboxylic acids is 1. The Labute approximate surface area is 149 Å². The first-order valence-corrected chi connectivity index (χ1v) is 8.40. The molecule has 9 heteroatoms. The first kappa shape index (κ1) is 16.2. The maximum absolute atomic E-state index is 12.7. The molecule has 26 heavy (non-hydrogen) atoms. The van der Waals surface area contributed by atoms with Gasteiger partial charge in [-0.05, 0) is 31.4 Å². The normalized spacial score (nSPS) is 23.7. The van der Waals surface area contributed by atoms with Gasteiger partial charge >= 0.3 is 0 Å². The van der Waals surface area contributed by atoms with Crippen molar-refractivity contribution in [3.05, 3.63) is 45.8 Å². The summed E-state index contributed by atoms with van der Waals surface area (Å²) in [5.74, 6) is 1.21. The predicted octanol–water partition coefficient (Wildman–Crippen LogP) is 0.313. The minimum Gasteiger partial charge on any atom is -0.367 e. The first-order chi connectivity index (χ1) is 12.5. The van der Waals surface area contributed by atoms with Crippen LogP contribution in [-0.2, 0) is 0 Å². The van der Waals surface area contributed by atoms with Crippen molar-refractivity contribution in [3.8, 4) is 6.07 Å². The largest absolute Gasteiger partial charge is 0.367 e. The molecule has 9 nitrogen and oxygen atoms in total. The summed E-state index contributed by atoms with van der Waals surface area (Å²) >= 11 is 0. The topological polar surface area (TPSA) is 128 Å². The highest BCUT2D eigenvalue weighted by Gasteiger charge is 2.48. The fraction of sp³-hybridized carbons (Fsp3) is 0.412. The van der Waals surface area contributed by atoms with Crippen LogP contribution in [0.5, 0.6) is 0 Å². The second-order valence-electron chi connectivity index (χ2n) is 6.75. The molecule has 2 aromatic rings. The molecule has 0 bridgehead atoms. The van der Waals surface area contributed by atoms with Crippen LogP contribution in [0.3, 0.4) is 0 Å². The summed E-state index contributed by atoms with van der Waals surface area (Å²) in [6.45, 7) is 2.98. The average Bonchev–Trinajstić information content (AvgIpc) is 2.98. The summed E-state index contributed by atoms with van der Waals surface area (Å²) in [4.78, 5) is 34.3. The van der Waals surface area contributed by atoms with Crippen molar-refractivity contribution in [1.29, 1.82) is 5.26 Å². The molecule has 4 rings (SSSR count). The van der Waals surface area contributed by atoms with Crippen molar-refractivity contribution in [1.82, 2.24) is 25.1 Å². The number of amides is 1. The van der Waals surface area contributed by atoms with Gasteiger partial charge in [0.05, 0.1) is 5.69 Å². The van der Waals surface area contributed by atoms with Crippen molar-refractivity contribution in [2.24, 2.45) is 11.8 Å². The summed E-state index contributed by atoms with van der Waals surface area (Å²) in [5, 5.41) is 18.4. The number of nitriles is 1. The average molecular weight is 351 g/mol. The maximum atomic E-state index is 12.7. The van der Waals surface area contributed by atoms with E-state index in [1.807, 2.05) is 6.07 Å². The van der Waals surface area contributed by atoms with E-state index in [1.165, 1.54) is 6.07 Å². The van der Waals surface area contributed by atoms with Crippen LogP contribution in [0.1, 0.15) is 28.3 Å². The number of anilines is 1. The maximum Gasteiger partial charge on any atom is 0.277 e. The number of carbonyl (C=O) groups is 1. The molecule has 2 N–H and O–H groups in total. The van der Waals surface area contributed by atoms with E-state index in [4.69, 9.17) is 5.26 Å². The molecule has 1 saturated heterocycles. The Morgan fingerprint density at radius 3 is 3.12 bits per heavy atom. The van der Waals surface area contributed by atoms with Crippen LogP contribution >= 0.6 is 0 Å². The lowest BCUT2D eigenvalue weighted by Gasteiger charge is -2.39. The molecule has 2 aliphatic rings. The molecule has 1 saturated carbocycles. The van der Waals surface area contributed by atoms with Crippen molar-refractivity contribution in [2.75, 3.05) is 18.4 Å². The highest BCUT2D eigenvalue weighted by atomic mass is 16.2. The van der Waals surface area contributed by atoms with Crippen LogP contribution in [0, 0.1) is 30.1 Å². The van der Waals surface area contributed by atoms with Gasteiger partial charge in [-0.1, -0.05) is 0 Å². The standard InChI is InChI=1S/C17H17N7O2/c1-9-4-11(16(25)23-22-9)17(26)24-7-10-5-13(12(10)8-24)20-14-2-3-19-15(6-18)21-14/h2-4,10,12-13H,5,7-8H2,1H3,(H,23,25)(H,19,20,21). The molecule has 0 aromatic carbocycles. The number of likely N-dealkylation sites (tertiary alicyclic amines) is 1. The molecule has 132 valence electrons. The summed E-state index contributed by atoms with van der Waals surface area (Å²) in [6, 6.07) is 5.37. The Morgan fingerprint density at radius 1 is 1.46 bits per heavy atom. The van der Waals surface area contributed by atoms with E-state index >= 15 is 0 Å². The van der Waals surface area contributed by atoms with Gasteiger partial charge in [-0.3, -0.25) is 9.59 Å². The van der Waals surface area contributed by atoms with E-state index < -0.39 is 5.56 Å². The van der Waals surface area contributed by atoms with E-state index in [2.05, 4.69) is 25.5 Å². The van der Waals surface area contributed by atoms with Crippen LogP contribution in [0.4, 0.5) is 5.82 Å². The van der Waals surface area contributed by atoms with Crippen molar-refractivity contribution < 1.29 is 4.79 Å². The third-order valence-electron chi connectivity index (χ3n) is 5.10. The van der Waals surface area contributed by atoms with Gasteiger partial charge in [0.1, 0.15) is 17.5 Å². The fourth-order valence-corrected chi connectivity index (χ4v) is 3.76. The van der Waals surface area contributed by atoms with Gasteiger partial charge in [0.2, 0.25) is 5.82 Å². The van der Waals surface area contributed by atoms with Gasteiger partial charge < -0.3 is 10.2 Å². The van der Waals surface area contributed by atoms with Gasteiger partial charge in [0, 0.05) is 31.2 Å². The molecule has 1 aliphatic heterocycles. The molecule has 3 atom stereocenters. The molecule has 0 spiro atoms. The Morgan fingerprint density at radius 2 is 2.31 bits per heavy atom. The number of nitrogens with zero attached hydrogens (tertiary/aromatic N) is 5. The Bertz CT molecular complexity index is 964. The number of aromatic nitrogens is 4. The van der Waals surface area contributed by atoms with Gasteiger partial charge in [-0.15, -0.1) is 0 Å². The zero-order chi connectivity index (χ0) is 18.3. The molecule has 3 unspecified atom stereocenters. The van der Waals surface area contributed by atoms with Crippen LogP contribution in [0.25, 0.3) is 0 Å². The lowest BCUT2D eigenvalue weighted by molar-refractivity contribution is 0.0785. The van der Waals surface area contributed by atoms with Crippen LogP contribution < -0.4 is 10.9 Å². The Balaban J connectivity index is 1.44. The third kappa shape index (κ3) is 2.79. The second kappa shape index (κ2) is 6.22. The predicted molar refractivity (Wildman–Crippen MR) is 91.3 cm³/mol. The SMILES string of the molecule is Cc1cc(C(=O)N2CC3CC(Nc4ccnc(C#N)n4)C3C2)c(=O)[nH]n1. The van der Waals surface area contributed by atoms with E-state index in [0.717, 1.165) is 6.42 Å². The molecule has 0 radical (unpaired) electrons.